The average molecular weight is 244 g/mol. The lowest BCUT2D eigenvalue weighted by Crippen LogP contribution is -2.25. The van der Waals surface area contributed by atoms with Crippen LogP contribution in [0.25, 0.3) is 0 Å². The molecule has 1 heterocycles. The van der Waals surface area contributed by atoms with Crippen molar-refractivity contribution in [3.05, 3.63) is 47.5 Å². The third kappa shape index (κ3) is 2.51. The lowest BCUT2D eigenvalue weighted by atomic mass is 10.1. The monoisotopic (exact) mass is 244 g/mol. The number of nitrogens with one attached hydrogen (secondary N) is 1. The van der Waals surface area contributed by atoms with E-state index in [1.54, 1.807) is 24.4 Å². The van der Waals surface area contributed by atoms with E-state index in [0.717, 1.165) is 11.4 Å². The second-order valence-electron chi connectivity index (χ2n) is 4.21. The van der Waals surface area contributed by atoms with E-state index in [1.165, 1.54) is 0 Å². The third-order valence-corrected chi connectivity index (χ3v) is 2.82. The molecule has 0 aliphatic heterocycles. The molecule has 0 atom stereocenters. The molecule has 94 valence electrons. The van der Waals surface area contributed by atoms with E-state index in [9.17, 15) is 4.79 Å². The molecule has 2 aromatic rings. The van der Waals surface area contributed by atoms with Gasteiger partial charge in [0.25, 0.3) is 5.91 Å². The number of anilines is 1. The van der Waals surface area contributed by atoms with Gasteiger partial charge in [0.1, 0.15) is 5.82 Å². The molecule has 0 radical (unpaired) electrons. The second-order valence-corrected chi connectivity index (χ2v) is 4.21. The van der Waals surface area contributed by atoms with E-state index >= 15 is 0 Å². The summed E-state index contributed by atoms with van der Waals surface area (Å²) in [7, 11) is 1.89. The lowest BCUT2D eigenvalue weighted by molar-refractivity contribution is 0.0949. The molecule has 1 aromatic heterocycles. The Morgan fingerprint density at radius 3 is 2.89 bits per heavy atom. The SMILES string of the molecule is Cc1cc(N)ccc1C(=O)NCc1nccn1C. The highest BCUT2D eigenvalue weighted by Gasteiger charge is 2.09. The molecule has 0 aliphatic carbocycles. The first-order chi connectivity index (χ1) is 8.58. The molecule has 0 bridgehead atoms. The van der Waals surface area contributed by atoms with Gasteiger partial charge >= 0.3 is 0 Å². The highest BCUT2D eigenvalue weighted by Crippen LogP contribution is 2.12. The highest BCUT2D eigenvalue weighted by molar-refractivity contribution is 5.95. The molecular formula is C13H16N4O. The number of nitrogens with zero attached hydrogens (tertiary/aromatic N) is 2. The van der Waals surface area contributed by atoms with Crippen molar-refractivity contribution in [3.8, 4) is 0 Å². The molecule has 3 N–H and O–H groups in total. The minimum absolute atomic E-state index is 0.115. The van der Waals surface area contributed by atoms with Gasteiger partial charge in [0.05, 0.1) is 6.54 Å². The average Bonchev–Trinajstić information content (AvgIpc) is 2.72. The zero-order chi connectivity index (χ0) is 13.1. The summed E-state index contributed by atoms with van der Waals surface area (Å²) < 4.78 is 1.87. The predicted octanol–water partition coefficient (Wildman–Crippen LogP) is 1.24. The molecule has 18 heavy (non-hydrogen) atoms. The molecule has 1 aromatic carbocycles. The number of nitrogens with two attached hydrogens (primary N) is 1. The smallest absolute Gasteiger partial charge is 0.251 e. The molecule has 1 amide bonds. The number of hydrogen-bond donors (Lipinski definition) is 2. The Labute approximate surface area is 106 Å². The van der Waals surface area contributed by atoms with Crippen LogP contribution in [0.2, 0.25) is 0 Å². The van der Waals surface area contributed by atoms with Gasteiger partial charge < -0.3 is 15.6 Å². The van der Waals surface area contributed by atoms with Crippen LogP contribution in [0.5, 0.6) is 0 Å². The van der Waals surface area contributed by atoms with E-state index in [4.69, 9.17) is 5.73 Å². The fraction of sp³-hybridized carbons (Fsp3) is 0.231. The van der Waals surface area contributed by atoms with Crippen molar-refractivity contribution in [2.24, 2.45) is 7.05 Å². The molecule has 5 nitrogen and oxygen atoms in total. The zero-order valence-corrected chi connectivity index (χ0v) is 10.5. The maximum atomic E-state index is 12.0. The number of benzene rings is 1. The topological polar surface area (TPSA) is 72.9 Å². The van der Waals surface area contributed by atoms with Gasteiger partial charge in [-0.2, -0.15) is 0 Å². The second kappa shape index (κ2) is 4.91. The van der Waals surface area contributed by atoms with Crippen LogP contribution in [0, 0.1) is 6.92 Å². The highest BCUT2D eigenvalue weighted by atomic mass is 16.1. The van der Waals surface area contributed by atoms with Crippen molar-refractivity contribution in [2.75, 3.05) is 5.73 Å². The lowest BCUT2D eigenvalue weighted by Gasteiger charge is -2.08. The van der Waals surface area contributed by atoms with Crippen molar-refractivity contribution >= 4 is 11.6 Å². The van der Waals surface area contributed by atoms with Crippen LogP contribution >= 0.6 is 0 Å². The number of carbonyl (C=O) groups is 1. The van der Waals surface area contributed by atoms with Gasteiger partial charge in [0, 0.05) is 30.7 Å². The van der Waals surface area contributed by atoms with Crippen LogP contribution in [-0.2, 0) is 13.6 Å². The van der Waals surface area contributed by atoms with Crippen molar-refractivity contribution in [1.82, 2.24) is 14.9 Å². The van der Waals surface area contributed by atoms with Gasteiger partial charge in [0.15, 0.2) is 0 Å². The summed E-state index contributed by atoms with van der Waals surface area (Å²) in [6.07, 6.45) is 3.55. The van der Waals surface area contributed by atoms with E-state index < -0.39 is 0 Å². The van der Waals surface area contributed by atoms with Crippen molar-refractivity contribution in [1.29, 1.82) is 0 Å². The molecule has 0 unspecified atom stereocenters. The largest absolute Gasteiger partial charge is 0.399 e. The predicted molar refractivity (Wildman–Crippen MR) is 70.0 cm³/mol. The number of rotatable bonds is 3. The summed E-state index contributed by atoms with van der Waals surface area (Å²) in [5, 5.41) is 2.84. The van der Waals surface area contributed by atoms with Crippen LogP contribution < -0.4 is 11.1 Å². The van der Waals surface area contributed by atoms with Crippen LogP contribution in [0.4, 0.5) is 5.69 Å². The number of imidazole rings is 1. The summed E-state index contributed by atoms with van der Waals surface area (Å²) in [5.74, 6) is 0.701. The minimum atomic E-state index is -0.115. The van der Waals surface area contributed by atoms with Gasteiger partial charge in [-0.25, -0.2) is 4.98 Å². The normalized spacial score (nSPS) is 10.3. The van der Waals surface area contributed by atoms with Crippen LogP contribution in [0.1, 0.15) is 21.7 Å². The fourth-order valence-electron chi connectivity index (χ4n) is 1.76. The van der Waals surface area contributed by atoms with E-state index in [0.29, 0.717) is 17.8 Å². The summed E-state index contributed by atoms with van der Waals surface area (Å²) in [6, 6.07) is 5.25. The Balaban J connectivity index is 2.06. The number of amides is 1. The first kappa shape index (κ1) is 12.2. The van der Waals surface area contributed by atoms with Crippen LogP contribution in [-0.4, -0.2) is 15.5 Å². The summed E-state index contributed by atoms with van der Waals surface area (Å²) in [4.78, 5) is 16.1. The summed E-state index contributed by atoms with van der Waals surface area (Å²) >= 11 is 0. The van der Waals surface area contributed by atoms with Crippen molar-refractivity contribution in [2.45, 2.75) is 13.5 Å². The Morgan fingerprint density at radius 1 is 1.50 bits per heavy atom. The standard InChI is InChI=1S/C13H16N4O/c1-9-7-10(14)3-4-11(9)13(18)16-8-12-15-5-6-17(12)2/h3-7H,8,14H2,1-2H3,(H,16,18). The molecule has 0 spiro atoms. The number of aryl methyl sites for hydroxylation is 2. The Kier molecular flexibility index (Phi) is 3.32. The van der Waals surface area contributed by atoms with Gasteiger partial charge in [-0.3, -0.25) is 4.79 Å². The number of nitrogen functional groups attached to an aromatic ring is 1. The molecule has 0 saturated heterocycles. The van der Waals surface area contributed by atoms with Crippen LogP contribution in [0.15, 0.2) is 30.6 Å². The Morgan fingerprint density at radius 2 is 2.28 bits per heavy atom. The first-order valence-electron chi connectivity index (χ1n) is 5.68. The third-order valence-electron chi connectivity index (χ3n) is 2.82. The molecule has 5 heteroatoms. The van der Waals surface area contributed by atoms with Gasteiger partial charge in [-0.1, -0.05) is 0 Å². The summed E-state index contributed by atoms with van der Waals surface area (Å²) in [5.41, 5.74) is 7.82. The molecule has 2 rings (SSSR count). The quantitative estimate of drug-likeness (QED) is 0.798. The molecule has 0 fully saturated rings. The first-order valence-corrected chi connectivity index (χ1v) is 5.68. The Bertz CT molecular complexity index is 574. The molecule has 0 aliphatic rings. The summed E-state index contributed by atoms with van der Waals surface area (Å²) in [6.45, 7) is 2.28. The van der Waals surface area contributed by atoms with Gasteiger partial charge in [-0.05, 0) is 30.7 Å². The molecule has 0 saturated carbocycles. The van der Waals surface area contributed by atoms with Crippen molar-refractivity contribution in [3.63, 3.8) is 0 Å². The maximum absolute atomic E-state index is 12.0. The number of carbonyl (C=O) groups excluding carboxylic acids is 1. The number of aromatic nitrogens is 2. The minimum Gasteiger partial charge on any atom is -0.399 e. The van der Waals surface area contributed by atoms with E-state index in [1.807, 2.05) is 24.7 Å². The van der Waals surface area contributed by atoms with Crippen molar-refractivity contribution < 1.29 is 4.79 Å². The van der Waals surface area contributed by atoms with Gasteiger partial charge in [0.2, 0.25) is 0 Å². The van der Waals surface area contributed by atoms with Crippen LogP contribution in [0.3, 0.4) is 0 Å². The number of hydrogen-bond acceptors (Lipinski definition) is 3. The zero-order valence-electron chi connectivity index (χ0n) is 10.5. The van der Waals surface area contributed by atoms with E-state index in [-0.39, 0.29) is 5.91 Å². The van der Waals surface area contributed by atoms with E-state index in [2.05, 4.69) is 10.3 Å². The maximum Gasteiger partial charge on any atom is 0.251 e. The van der Waals surface area contributed by atoms with Gasteiger partial charge in [-0.15, -0.1) is 0 Å². The Hall–Kier alpha value is -2.30. The fourth-order valence-corrected chi connectivity index (χ4v) is 1.76. The molecular weight excluding hydrogens is 228 g/mol.